The number of fused-ring (bicyclic) bond motifs is 1. The second kappa shape index (κ2) is 10.9. The summed E-state index contributed by atoms with van der Waals surface area (Å²) in [7, 11) is 3.24. The van der Waals surface area contributed by atoms with Crippen LogP contribution in [0.5, 0.6) is 11.5 Å². The summed E-state index contributed by atoms with van der Waals surface area (Å²) in [6, 6.07) is 19.1. The normalized spacial score (nSPS) is 14.1. The quantitative estimate of drug-likeness (QED) is 0.307. The van der Waals surface area contributed by atoms with E-state index in [1.54, 1.807) is 25.2 Å². The predicted molar refractivity (Wildman–Crippen MR) is 145 cm³/mol. The van der Waals surface area contributed by atoms with Crippen molar-refractivity contribution in [3.63, 3.8) is 0 Å². The minimum Gasteiger partial charge on any atom is -0.497 e. The van der Waals surface area contributed by atoms with Gasteiger partial charge in [-0.15, -0.1) is 0 Å². The molecule has 0 atom stereocenters. The van der Waals surface area contributed by atoms with Crippen molar-refractivity contribution >= 4 is 22.5 Å². The maximum Gasteiger partial charge on any atom is 0.416 e. The number of methoxy groups -OCH3 is 2. The Balaban J connectivity index is 1.29. The lowest BCUT2D eigenvalue weighted by atomic mass is 10.1. The SMILES string of the molecule is COc1cc(Cn2cc(CC(=O)N3CCN(c4cccc(C(F)(F)F)c4)CC3)c3ccccc32)cc(OC)c1. The van der Waals surface area contributed by atoms with E-state index in [9.17, 15) is 18.0 Å². The van der Waals surface area contributed by atoms with Crippen LogP contribution in [0.1, 0.15) is 16.7 Å². The van der Waals surface area contributed by atoms with Gasteiger partial charge in [-0.25, -0.2) is 0 Å². The molecule has 0 spiro atoms. The van der Waals surface area contributed by atoms with E-state index in [1.807, 2.05) is 53.6 Å². The summed E-state index contributed by atoms with van der Waals surface area (Å²) in [5.41, 5.74) is 2.83. The van der Waals surface area contributed by atoms with E-state index in [4.69, 9.17) is 9.47 Å². The maximum atomic E-state index is 13.3. The maximum absolute atomic E-state index is 13.3. The van der Waals surface area contributed by atoms with Gasteiger partial charge in [0.1, 0.15) is 11.5 Å². The molecular formula is C30H30F3N3O3. The smallest absolute Gasteiger partial charge is 0.416 e. The number of carbonyl (C=O) groups is 1. The van der Waals surface area contributed by atoms with Crippen LogP contribution >= 0.6 is 0 Å². The van der Waals surface area contributed by atoms with Crippen molar-refractivity contribution < 1.29 is 27.4 Å². The van der Waals surface area contributed by atoms with Gasteiger partial charge in [0.05, 0.1) is 26.2 Å². The Hall–Kier alpha value is -4.14. The van der Waals surface area contributed by atoms with Crippen molar-refractivity contribution in [1.82, 2.24) is 9.47 Å². The molecule has 3 aromatic carbocycles. The number of amides is 1. The van der Waals surface area contributed by atoms with Gasteiger partial charge in [-0.3, -0.25) is 4.79 Å². The molecule has 0 saturated carbocycles. The molecular weight excluding hydrogens is 507 g/mol. The summed E-state index contributed by atoms with van der Waals surface area (Å²) in [5, 5.41) is 1.02. The third kappa shape index (κ3) is 5.82. The molecule has 6 nitrogen and oxygen atoms in total. The Morgan fingerprint density at radius 3 is 2.23 bits per heavy atom. The van der Waals surface area contributed by atoms with Crippen LogP contribution in [0.3, 0.4) is 0 Å². The molecule has 4 aromatic rings. The third-order valence-corrected chi connectivity index (χ3v) is 7.15. The van der Waals surface area contributed by atoms with Gasteiger partial charge in [-0.05, 0) is 47.5 Å². The molecule has 9 heteroatoms. The van der Waals surface area contributed by atoms with Crippen LogP contribution < -0.4 is 14.4 Å². The number of para-hydroxylation sites is 1. The van der Waals surface area contributed by atoms with Gasteiger partial charge in [0.15, 0.2) is 0 Å². The Morgan fingerprint density at radius 1 is 0.872 bits per heavy atom. The highest BCUT2D eigenvalue weighted by molar-refractivity contribution is 5.89. The fourth-order valence-corrected chi connectivity index (χ4v) is 5.12. The molecule has 0 N–H and O–H groups in total. The van der Waals surface area contributed by atoms with E-state index in [1.165, 1.54) is 12.1 Å². The summed E-state index contributed by atoms with van der Waals surface area (Å²) >= 11 is 0. The predicted octanol–water partition coefficient (Wildman–Crippen LogP) is 5.62. The molecule has 1 amide bonds. The van der Waals surface area contributed by atoms with Crippen molar-refractivity contribution in [2.75, 3.05) is 45.3 Å². The number of piperazine rings is 1. The van der Waals surface area contributed by atoms with Gasteiger partial charge in [-0.2, -0.15) is 13.2 Å². The third-order valence-electron chi connectivity index (χ3n) is 7.15. The number of aromatic nitrogens is 1. The van der Waals surface area contributed by atoms with Crippen LogP contribution in [0.4, 0.5) is 18.9 Å². The summed E-state index contributed by atoms with van der Waals surface area (Å²) in [5.74, 6) is 1.42. The second-order valence-corrected chi connectivity index (χ2v) is 9.61. The standard InChI is InChI=1S/C30H30F3N3O3/c1-38-25-14-21(15-26(18-25)39-2)19-36-20-22(27-8-3-4-9-28(27)36)16-29(37)35-12-10-34(11-13-35)24-7-5-6-23(17-24)30(31,32)33/h3-9,14-15,17-18,20H,10-13,16,19H2,1-2H3. The molecule has 39 heavy (non-hydrogen) atoms. The number of benzene rings is 3. The molecule has 5 rings (SSSR count). The summed E-state index contributed by atoms with van der Waals surface area (Å²) in [6.07, 6.45) is -2.11. The highest BCUT2D eigenvalue weighted by atomic mass is 19.4. The first kappa shape index (κ1) is 26.5. The molecule has 2 heterocycles. The molecule has 0 aliphatic carbocycles. The van der Waals surface area contributed by atoms with Gasteiger partial charge in [0, 0.05) is 61.6 Å². The van der Waals surface area contributed by atoms with Gasteiger partial charge >= 0.3 is 6.18 Å². The number of alkyl halides is 3. The van der Waals surface area contributed by atoms with Crippen LogP contribution in [0.2, 0.25) is 0 Å². The van der Waals surface area contributed by atoms with Crippen molar-refractivity contribution in [3.05, 3.63) is 89.6 Å². The average Bonchev–Trinajstić information content (AvgIpc) is 3.29. The number of rotatable bonds is 7. The van der Waals surface area contributed by atoms with E-state index in [0.29, 0.717) is 49.9 Å². The van der Waals surface area contributed by atoms with Crippen LogP contribution in [0.15, 0.2) is 72.9 Å². The Labute approximate surface area is 225 Å². The Morgan fingerprint density at radius 2 is 1.56 bits per heavy atom. The van der Waals surface area contributed by atoms with E-state index in [-0.39, 0.29) is 12.3 Å². The van der Waals surface area contributed by atoms with Crippen LogP contribution in [-0.4, -0.2) is 55.8 Å². The zero-order valence-electron chi connectivity index (χ0n) is 21.9. The van der Waals surface area contributed by atoms with E-state index in [0.717, 1.165) is 28.1 Å². The molecule has 1 saturated heterocycles. The first-order valence-corrected chi connectivity index (χ1v) is 12.7. The van der Waals surface area contributed by atoms with Gasteiger partial charge in [0.25, 0.3) is 0 Å². The number of hydrogen-bond acceptors (Lipinski definition) is 4. The highest BCUT2D eigenvalue weighted by Gasteiger charge is 2.31. The zero-order chi connectivity index (χ0) is 27.6. The van der Waals surface area contributed by atoms with Crippen molar-refractivity contribution in [2.45, 2.75) is 19.1 Å². The number of halogens is 3. The fraction of sp³-hybridized carbons (Fsp3) is 0.300. The first-order valence-electron chi connectivity index (χ1n) is 12.7. The lowest BCUT2D eigenvalue weighted by Crippen LogP contribution is -2.49. The number of anilines is 1. The molecule has 1 aromatic heterocycles. The fourth-order valence-electron chi connectivity index (χ4n) is 5.12. The lowest BCUT2D eigenvalue weighted by Gasteiger charge is -2.36. The molecule has 1 aliphatic heterocycles. The Kier molecular flexibility index (Phi) is 7.41. The van der Waals surface area contributed by atoms with Crippen LogP contribution in [0, 0.1) is 0 Å². The van der Waals surface area contributed by atoms with Crippen LogP contribution in [-0.2, 0) is 23.9 Å². The van der Waals surface area contributed by atoms with Crippen molar-refractivity contribution in [3.8, 4) is 11.5 Å². The molecule has 0 radical (unpaired) electrons. The number of hydrogen-bond donors (Lipinski definition) is 0. The summed E-state index contributed by atoms with van der Waals surface area (Å²) < 4.78 is 52.3. The largest absolute Gasteiger partial charge is 0.497 e. The van der Waals surface area contributed by atoms with Crippen molar-refractivity contribution in [2.24, 2.45) is 0 Å². The molecule has 0 bridgehead atoms. The number of carbonyl (C=O) groups excluding carboxylic acids is 1. The van der Waals surface area contributed by atoms with E-state index < -0.39 is 11.7 Å². The summed E-state index contributed by atoms with van der Waals surface area (Å²) in [4.78, 5) is 17.0. The zero-order valence-corrected chi connectivity index (χ0v) is 21.9. The minimum absolute atomic E-state index is 0.00430. The van der Waals surface area contributed by atoms with Crippen LogP contribution in [0.25, 0.3) is 10.9 Å². The van der Waals surface area contributed by atoms with Gasteiger partial charge in [0.2, 0.25) is 5.91 Å². The average molecular weight is 538 g/mol. The van der Waals surface area contributed by atoms with E-state index in [2.05, 4.69) is 4.57 Å². The minimum atomic E-state index is -4.38. The highest BCUT2D eigenvalue weighted by Crippen LogP contribution is 2.32. The number of nitrogens with zero attached hydrogens (tertiary/aromatic N) is 3. The summed E-state index contributed by atoms with van der Waals surface area (Å²) in [6.45, 7) is 2.45. The van der Waals surface area contributed by atoms with E-state index >= 15 is 0 Å². The molecule has 1 aliphatic rings. The second-order valence-electron chi connectivity index (χ2n) is 9.61. The molecule has 1 fully saturated rings. The molecule has 204 valence electrons. The monoisotopic (exact) mass is 537 g/mol. The van der Waals surface area contributed by atoms with Gasteiger partial charge in [-0.1, -0.05) is 24.3 Å². The molecule has 0 unspecified atom stereocenters. The number of ether oxygens (including phenoxy) is 2. The van der Waals surface area contributed by atoms with Gasteiger partial charge < -0.3 is 23.8 Å². The Bertz CT molecular complexity index is 1450. The lowest BCUT2D eigenvalue weighted by molar-refractivity contribution is -0.137. The first-order chi connectivity index (χ1) is 18.7. The topological polar surface area (TPSA) is 46.9 Å². The van der Waals surface area contributed by atoms with Crippen molar-refractivity contribution in [1.29, 1.82) is 0 Å².